The van der Waals surface area contributed by atoms with Crippen molar-refractivity contribution in [3.8, 4) is 0 Å². The highest BCUT2D eigenvalue weighted by Crippen LogP contribution is 2.34. The van der Waals surface area contributed by atoms with Gasteiger partial charge < -0.3 is 10.6 Å². The van der Waals surface area contributed by atoms with Crippen molar-refractivity contribution in [3.63, 3.8) is 0 Å². The van der Waals surface area contributed by atoms with Crippen molar-refractivity contribution < 1.29 is 4.79 Å². The maximum atomic E-state index is 12.4. The van der Waals surface area contributed by atoms with Gasteiger partial charge in [-0.1, -0.05) is 11.3 Å². The van der Waals surface area contributed by atoms with Gasteiger partial charge >= 0.3 is 0 Å². The van der Waals surface area contributed by atoms with Crippen LogP contribution in [0.2, 0.25) is 0 Å². The second kappa shape index (κ2) is 6.08. The van der Waals surface area contributed by atoms with E-state index in [4.69, 9.17) is 0 Å². The first kappa shape index (κ1) is 15.0. The Hall–Kier alpha value is -1.89. The average Bonchev–Trinajstić information content (AvgIpc) is 3.08. The van der Waals surface area contributed by atoms with Crippen LogP contribution in [0, 0.1) is 6.92 Å². The van der Waals surface area contributed by atoms with Crippen LogP contribution in [0.25, 0.3) is 0 Å². The molecule has 118 valence electrons. The second-order valence-corrected chi connectivity index (χ2v) is 6.64. The van der Waals surface area contributed by atoms with Gasteiger partial charge in [0.25, 0.3) is 5.91 Å². The van der Waals surface area contributed by atoms with Crippen LogP contribution in [0.3, 0.4) is 0 Å². The number of amides is 1. The maximum Gasteiger partial charge on any atom is 0.263 e. The number of aromatic nitrogens is 3. The van der Waals surface area contributed by atoms with Gasteiger partial charge in [-0.2, -0.15) is 5.10 Å². The lowest BCUT2D eigenvalue weighted by atomic mass is 10.2. The van der Waals surface area contributed by atoms with E-state index in [1.165, 1.54) is 24.2 Å². The lowest BCUT2D eigenvalue weighted by Gasteiger charge is -2.11. The predicted molar refractivity (Wildman–Crippen MR) is 87.4 cm³/mol. The Morgan fingerprint density at radius 2 is 2.32 bits per heavy atom. The molecule has 2 heterocycles. The molecule has 1 aliphatic carbocycles. The van der Waals surface area contributed by atoms with Crippen molar-refractivity contribution in [2.45, 2.75) is 45.7 Å². The van der Waals surface area contributed by atoms with Crippen LogP contribution < -0.4 is 10.6 Å². The largest absolute Gasteiger partial charge is 0.362 e. The summed E-state index contributed by atoms with van der Waals surface area (Å²) in [7, 11) is 0. The molecule has 22 heavy (non-hydrogen) atoms. The number of hydrogen-bond donors (Lipinski definition) is 2. The molecule has 1 saturated carbocycles. The summed E-state index contributed by atoms with van der Waals surface area (Å²) in [6, 6.07) is 0.493. The van der Waals surface area contributed by atoms with Crippen molar-refractivity contribution in [3.05, 3.63) is 28.5 Å². The molecule has 0 spiro atoms. The number of anilines is 1. The fourth-order valence-corrected chi connectivity index (χ4v) is 3.23. The molecule has 6 nitrogen and oxygen atoms in total. The topological polar surface area (TPSA) is 71.8 Å². The van der Waals surface area contributed by atoms with Gasteiger partial charge in [0.2, 0.25) is 0 Å². The van der Waals surface area contributed by atoms with Gasteiger partial charge in [-0.3, -0.25) is 9.48 Å². The molecule has 3 rings (SSSR count). The van der Waals surface area contributed by atoms with Gasteiger partial charge in [-0.05, 0) is 33.6 Å². The Bertz CT molecular complexity index is 673. The predicted octanol–water partition coefficient (Wildman–Crippen LogP) is 2.91. The molecule has 2 N–H and O–H groups in total. The smallest absolute Gasteiger partial charge is 0.263 e. The van der Waals surface area contributed by atoms with E-state index < -0.39 is 0 Å². The Morgan fingerprint density at radius 3 is 3.00 bits per heavy atom. The summed E-state index contributed by atoms with van der Waals surface area (Å²) in [6.45, 7) is 6.65. The highest BCUT2D eigenvalue weighted by molar-refractivity contribution is 7.17. The molecule has 1 atom stereocenters. The zero-order valence-corrected chi connectivity index (χ0v) is 13.9. The number of nitrogens with zero attached hydrogens (tertiary/aromatic N) is 3. The van der Waals surface area contributed by atoms with Gasteiger partial charge in [0.1, 0.15) is 4.88 Å². The lowest BCUT2D eigenvalue weighted by molar-refractivity contribution is 0.0943. The zero-order chi connectivity index (χ0) is 15.7. The molecule has 1 amide bonds. The molecular weight excluding hydrogens is 298 g/mol. The van der Waals surface area contributed by atoms with Crippen LogP contribution in [0.4, 0.5) is 5.13 Å². The summed E-state index contributed by atoms with van der Waals surface area (Å²) in [5, 5.41) is 11.3. The molecule has 1 fully saturated rings. The van der Waals surface area contributed by atoms with Crippen LogP contribution in [0.1, 0.15) is 59.7 Å². The highest BCUT2D eigenvalue weighted by Gasteiger charge is 2.25. The van der Waals surface area contributed by atoms with Gasteiger partial charge in [0, 0.05) is 18.3 Å². The summed E-state index contributed by atoms with van der Waals surface area (Å²) in [6.07, 6.45) is 6.28. The molecule has 0 saturated heterocycles. The molecule has 0 bridgehead atoms. The average molecular weight is 319 g/mol. The summed E-state index contributed by atoms with van der Waals surface area (Å²) >= 11 is 1.39. The number of carbonyl (C=O) groups is 1. The molecule has 1 aliphatic rings. The van der Waals surface area contributed by atoms with E-state index >= 15 is 0 Å². The highest BCUT2D eigenvalue weighted by atomic mass is 32.1. The van der Waals surface area contributed by atoms with Crippen LogP contribution in [-0.4, -0.2) is 27.2 Å². The Labute approximate surface area is 133 Å². The minimum atomic E-state index is -0.0779. The summed E-state index contributed by atoms with van der Waals surface area (Å²) < 4.78 is 2.00. The SMILES string of the molecule is CCNc1nc(C)c(C(=O)NC(C)c2cnn(C3CC3)c2)s1. The van der Waals surface area contributed by atoms with Crippen LogP contribution in [-0.2, 0) is 0 Å². The van der Waals surface area contributed by atoms with Gasteiger partial charge in [0.15, 0.2) is 5.13 Å². The zero-order valence-electron chi connectivity index (χ0n) is 13.1. The number of rotatable bonds is 6. The van der Waals surface area contributed by atoms with E-state index in [9.17, 15) is 4.79 Å². The quantitative estimate of drug-likeness (QED) is 0.859. The van der Waals surface area contributed by atoms with Crippen LogP contribution in [0.15, 0.2) is 12.4 Å². The molecule has 0 aliphatic heterocycles. The fraction of sp³-hybridized carbons (Fsp3) is 0.533. The Balaban J connectivity index is 1.67. The number of thiazole rings is 1. The molecule has 0 radical (unpaired) electrons. The summed E-state index contributed by atoms with van der Waals surface area (Å²) in [5.74, 6) is -0.0779. The Morgan fingerprint density at radius 1 is 1.55 bits per heavy atom. The first-order chi connectivity index (χ1) is 10.6. The van der Waals surface area contributed by atoms with Gasteiger partial charge in [-0.15, -0.1) is 0 Å². The van der Waals surface area contributed by atoms with E-state index in [1.807, 2.05) is 37.8 Å². The van der Waals surface area contributed by atoms with Crippen molar-refractivity contribution in [1.29, 1.82) is 0 Å². The third kappa shape index (κ3) is 3.14. The van der Waals surface area contributed by atoms with Crippen molar-refractivity contribution in [1.82, 2.24) is 20.1 Å². The van der Waals surface area contributed by atoms with E-state index in [1.54, 1.807) is 0 Å². The standard InChI is InChI=1S/C15H21N5OS/c1-4-16-15-19-10(3)13(22-15)14(21)18-9(2)11-7-17-20(8-11)12-5-6-12/h7-9,12H,4-6H2,1-3H3,(H,16,19)(H,18,21). The minimum Gasteiger partial charge on any atom is -0.362 e. The number of carbonyl (C=O) groups excluding carboxylic acids is 1. The van der Waals surface area contributed by atoms with Crippen molar-refractivity contribution >= 4 is 22.4 Å². The van der Waals surface area contributed by atoms with Crippen molar-refractivity contribution in [2.24, 2.45) is 0 Å². The summed E-state index contributed by atoms with van der Waals surface area (Å²) in [5.41, 5.74) is 1.80. The molecule has 1 unspecified atom stereocenters. The first-order valence-corrected chi connectivity index (χ1v) is 8.46. The minimum absolute atomic E-state index is 0.0657. The number of aryl methyl sites for hydroxylation is 1. The maximum absolute atomic E-state index is 12.4. The second-order valence-electron chi connectivity index (χ2n) is 5.64. The van der Waals surface area contributed by atoms with Crippen molar-refractivity contribution in [2.75, 3.05) is 11.9 Å². The molecular formula is C15H21N5OS. The lowest BCUT2D eigenvalue weighted by Crippen LogP contribution is -2.26. The van der Waals surface area contributed by atoms with E-state index in [-0.39, 0.29) is 11.9 Å². The third-order valence-electron chi connectivity index (χ3n) is 3.72. The van der Waals surface area contributed by atoms with E-state index in [0.29, 0.717) is 10.9 Å². The van der Waals surface area contributed by atoms with E-state index in [2.05, 4.69) is 20.7 Å². The van der Waals surface area contributed by atoms with Gasteiger partial charge in [0.05, 0.1) is 24.0 Å². The van der Waals surface area contributed by atoms with Crippen LogP contribution >= 0.6 is 11.3 Å². The van der Waals surface area contributed by atoms with E-state index in [0.717, 1.165) is 22.9 Å². The molecule has 2 aromatic rings. The third-order valence-corrected chi connectivity index (χ3v) is 4.83. The Kier molecular flexibility index (Phi) is 4.15. The monoisotopic (exact) mass is 319 g/mol. The first-order valence-electron chi connectivity index (χ1n) is 7.64. The molecule has 2 aromatic heterocycles. The fourth-order valence-electron chi connectivity index (χ4n) is 2.29. The normalized spacial score (nSPS) is 15.6. The molecule has 7 heteroatoms. The molecule has 0 aromatic carbocycles. The van der Waals surface area contributed by atoms with Crippen LogP contribution in [0.5, 0.6) is 0 Å². The number of hydrogen-bond acceptors (Lipinski definition) is 5. The number of nitrogens with one attached hydrogen (secondary N) is 2. The van der Waals surface area contributed by atoms with Gasteiger partial charge in [-0.25, -0.2) is 4.98 Å². The summed E-state index contributed by atoms with van der Waals surface area (Å²) in [4.78, 5) is 17.5.